The molecule has 0 saturated carbocycles. The number of rotatable bonds is 1. The molecular formula is C21H21N2O+. The van der Waals surface area contributed by atoms with Gasteiger partial charge >= 0.3 is 0 Å². The van der Waals surface area contributed by atoms with E-state index in [0.717, 1.165) is 17.2 Å². The van der Waals surface area contributed by atoms with E-state index in [0.29, 0.717) is 0 Å². The lowest BCUT2D eigenvalue weighted by Gasteiger charge is -2.35. The van der Waals surface area contributed by atoms with Crippen LogP contribution >= 0.6 is 0 Å². The lowest BCUT2D eigenvalue weighted by atomic mass is 9.75. The van der Waals surface area contributed by atoms with Crippen LogP contribution in [0.3, 0.4) is 0 Å². The number of hydrogen-bond donors (Lipinski definition) is 0. The van der Waals surface area contributed by atoms with Gasteiger partial charge in [-0.25, -0.2) is 0 Å². The lowest BCUT2D eigenvalue weighted by Crippen LogP contribution is -2.31. The number of ether oxygens (including phenoxy) is 1. The molecule has 4 rings (SSSR count). The van der Waals surface area contributed by atoms with Crippen molar-refractivity contribution in [2.45, 2.75) is 26.2 Å². The number of aromatic nitrogens is 2. The van der Waals surface area contributed by atoms with Crippen LogP contribution in [-0.4, -0.2) is 4.98 Å². The van der Waals surface area contributed by atoms with Crippen molar-refractivity contribution < 1.29 is 9.30 Å². The molecule has 0 bridgehead atoms. The molecule has 3 aromatic rings. The van der Waals surface area contributed by atoms with Gasteiger partial charge in [-0.15, -0.1) is 0 Å². The molecule has 24 heavy (non-hydrogen) atoms. The highest BCUT2D eigenvalue weighted by molar-refractivity contribution is 5.68. The van der Waals surface area contributed by atoms with Gasteiger partial charge in [0, 0.05) is 16.5 Å². The van der Waals surface area contributed by atoms with Crippen molar-refractivity contribution in [3.05, 3.63) is 71.7 Å². The molecule has 2 heterocycles. The van der Waals surface area contributed by atoms with Gasteiger partial charge in [-0.1, -0.05) is 32.0 Å². The second-order valence-electron chi connectivity index (χ2n) is 6.96. The molecule has 3 heteroatoms. The summed E-state index contributed by atoms with van der Waals surface area (Å²) in [4.78, 5) is 4.30. The van der Waals surface area contributed by atoms with Crippen molar-refractivity contribution in [2.75, 3.05) is 0 Å². The lowest BCUT2D eigenvalue weighted by molar-refractivity contribution is -0.660. The van der Waals surface area contributed by atoms with Crippen LogP contribution in [0.4, 0.5) is 0 Å². The minimum atomic E-state index is -0.104. The zero-order valence-corrected chi connectivity index (χ0v) is 14.5. The van der Waals surface area contributed by atoms with Gasteiger partial charge in [0.1, 0.15) is 18.5 Å². The number of aryl methyl sites for hydroxylation is 2. The maximum atomic E-state index is 6.19. The average molecular weight is 317 g/mol. The number of benzene rings is 2. The van der Waals surface area contributed by atoms with Crippen molar-refractivity contribution >= 4 is 0 Å². The molecule has 0 unspecified atom stereocenters. The summed E-state index contributed by atoms with van der Waals surface area (Å²) in [6.07, 6.45) is 5.70. The van der Waals surface area contributed by atoms with Crippen LogP contribution < -0.4 is 9.30 Å². The van der Waals surface area contributed by atoms with Crippen molar-refractivity contribution in [3.8, 4) is 22.8 Å². The molecule has 2 aromatic carbocycles. The van der Waals surface area contributed by atoms with E-state index >= 15 is 0 Å². The van der Waals surface area contributed by atoms with E-state index in [-0.39, 0.29) is 5.41 Å². The molecule has 0 N–H and O–H groups in total. The van der Waals surface area contributed by atoms with Crippen LogP contribution in [-0.2, 0) is 12.5 Å². The zero-order chi connectivity index (χ0) is 16.9. The maximum absolute atomic E-state index is 6.19. The predicted octanol–water partition coefficient (Wildman–Crippen LogP) is 4.31. The summed E-state index contributed by atoms with van der Waals surface area (Å²) in [5.74, 6) is 1.90. The molecule has 3 nitrogen and oxygen atoms in total. The van der Waals surface area contributed by atoms with Gasteiger partial charge in [0.05, 0.1) is 18.0 Å². The minimum Gasteiger partial charge on any atom is -0.457 e. The van der Waals surface area contributed by atoms with Gasteiger partial charge in [-0.2, -0.15) is 4.57 Å². The molecule has 0 amide bonds. The second kappa shape index (κ2) is 5.17. The molecule has 1 aliphatic heterocycles. The Labute approximate surface area is 142 Å². The van der Waals surface area contributed by atoms with Gasteiger partial charge in [-0.3, -0.25) is 4.98 Å². The summed E-state index contributed by atoms with van der Waals surface area (Å²) < 4.78 is 8.30. The van der Waals surface area contributed by atoms with E-state index in [1.807, 2.05) is 31.6 Å². The largest absolute Gasteiger partial charge is 0.457 e. The van der Waals surface area contributed by atoms with Crippen molar-refractivity contribution in [1.29, 1.82) is 0 Å². The molecule has 120 valence electrons. The van der Waals surface area contributed by atoms with Gasteiger partial charge < -0.3 is 4.74 Å². The number of fused-ring (bicyclic) bond motifs is 2. The molecular weight excluding hydrogens is 296 g/mol. The van der Waals surface area contributed by atoms with E-state index in [1.54, 1.807) is 6.20 Å². The van der Waals surface area contributed by atoms with Gasteiger partial charge in [0.25, 0.3) is 0 Å². The van der Waals surface area contributed by atoms with Crippen molar-refractivity contribution in [3.63, 3.8) is 0 Å². The summed E-state index contributed by atoms with van der Waals surface area (Å²) >= 11 is 0. The van der Waals surface area contributed by atoms with Crippen LogP contribution in [0.5, 0.6) is 11.5 Å². The summed E-state index contributed by atoms with van der Waals surface area (Å²) in [6.45, 7) is 6.64. The van der Waals surface area contributed by atoms with E-state index in [4.69, 9.17) is 4.74 Å². The summed E-state index contributed by atoms with van der Waals surface area (Å²) in [7, 11) is 2.05. The van der Waals surface area contributed by atoms with E-state index in [2.05, 4.69) is 54.6 Å². The van der Waals surface area contributed by atoms with Crippen LogP contribution in [0, 0.1) is 6.92 Å². The highest BCUT2D eigenvalue weighted by Gasteiger charge is 2.35. The topological polar surface area (TPSA) is 26.0 Å². The Bertz CT molecular complexity index is 944. The molecule has 0 spiro atoms. The van der Waals surface area contributed by atoms with E-state index < -0.39 is 0 Å². The highest BCUT2D eigenvalue weighted by Crippen LogP contribution is 2.49. The molecule has 1 aliphatic rings. The van der Waals surface area contributed by atoms with Gasteiger partial charge in [0.15, 0.2) is 6.20 Å². The standard InChI is InChI=1S/C21H21N2O/c1-14-11-20-17(12-15(14)18-13-22-9-10-23(18)4)21(2,3)16-7-5-6-8-19(16)24-20/h5-13H,1-4H3/q+1. The quantitative estimate of drug-likeness (QED) is 0.625. The van der Waals surface area contributed by atoms with E-state index in [9.17, 15) is 0 Å². The van der Waals surface area contributed by atoms with Crippen molar-refractivity contribution in [1.82, 2.24) is 4.98 Å². The Morgan fingerprint density at radius 3 is 2.62 bits per heavy atom. The van der Waals surface area contributed by atoms with Crippen LogP contribution in [0.25, 0.3) is 11.3 Å². The first-order valence-corrected chi connectivity index (χ1v) is 8.21. The SMILES string of the molecule is Cc1cc2c(cc1-c1cncc[n+]1C)C(C)(C)c1ccccc1O2. The Hall–Kier alpha value is -2.68. The van der Waals surface area contributed by atoms with Crippen molar-refractivity contribution in [2.24, 2.45) is 7.05 Å². The van der Waals surface area contributed by atoms with Crippen LogP contribution in [0.2, 0.25) is 0 Å². The average Bonchev–Trinajstić information content (AvgIpc) is 2.55. The van der Waals surface area contributed by atoms with Crippen LogP contribution in [0.1, 0.15) is 30.5 Å². The molecule has 0 fully saturated rings. The normalized spacial score (nSPS) is 14.5. The molecule has 0 radical (unpaired) electrons. The number of nitrogens with zero attached hydrogens (tertiary/aromatic N) is 2. The first-order valence-electron chi connectivity index (χ1n) is 8.21. The second-order valence-corrected chi connectivity index (χ2v) is 6.96. The predicted molar refractivity (Wildman–Crippen MR) is 94.2 cm³/mol. The van der Waals surface area contributed by atoms with Gasteiger partial charge in [0.2, 0.25) is 5.69 Å². The monoisotopic (exact) mass is 317 g/mol. The summed E-state index contributed by atoms with van der Waals surface area (Å²) in [5, 5.41) is 0. The third-order valence-electron chi connectivity index (χ3n) is 5.01. The fourth-order valence-electron chi connectivity index (χ4n) is 3.55. The third kappa shape index (κ3) is 2.12. The Morgan fingerprint density at radius 1 is 1.04 bits per heavy atom. The van der Waals surface area contributed by atoms with Crippen LogP contribution in [0.15, 0.2) is 55.0 Å². The highest BCUT2D eigenvalue weighted by atomic mass is 16.5. The summed E-state index contributed by atoms with van der Waals surface area (Å²) in [6, 6.07) is 12.7. The first kappa shape index (κ1) is 14.9. The third-order valence-corrected chi connectivity index (χ3v) is 5.01. The molecule has 0 aliphatic carbocycles. The zero-order valence-electron chi connectivity index (χ0n) is 14.5. The number of para-hydroxylation sites is 1. The first-order chi connectivity index (χ1) is 11.5. The van der Waals surface area contributed by atoms with E-state index in [1.165, 1.54) is 22.3 Å². The number of hydrogen-bond acceptors (Lipinski definition) is 2. The maximum Gasteiger partial charge on any atom is 0.231 e. The summed E-state index contributed by atoms with van der Waals surface area (Å²) in [5.41, 5.74) is 5.82. The Balaban J connectivity index is 1.95. The molecule has 0 atom stereocenters. The smallest absolute Gasteiger partial charge is 0.231 e. The fraction of sp³-hybridized carbons (Fsp3) is 0.238. The Kier molecular flexibility index (Phi) is 3.20. The fourth-order valence-corrected chi connectivity index (χ4v) is 3.55. The Morgan fingerprint density at radius 2 is 1.83 bits per heavy atom. The minimum absolute atomic E-state index is 0.104. The molecule has 1 aromatic heterocycles. The molecule has 0 saturated heterocycles. The van der Waals surface area contributed by atoms with Gasteiger partial charge in [-0.05, 0) is 30.7 Å².